The molecule has 2 aromatic heterocycles. The van der Waals surface area contributed by atoms with Crippen molar-refractivity contribution >= 4 is 29.2 Å². The predicted molar refractivity (Wildman–Crippen MR) is 84.4 cm³/mol. The zero-order valence-corrected chi connectivity index (χ0v) is 13.1. The minimum Gasteiger partial charge on any atom is -0.289 e. The molecule has 0 saturated heterocycles. The van der Waals surface area contributed by atoms with Crippen molar-refractivity contribution in [2.75, 3.05) is 5.32 Å². The van der Waals surface area contributed by atoms with E-state index in [9.17, 15) is 4.79 Å². The van der Waals surface area contributed by atoms with Crippen molar-refractivity contribution in [3.8, 4) is 0 Å². The molecule has 7 heteroatoms. The Balaban J connectivity index is 1.97. The summed E-state index contributed by atoms with van der Waals surface area (Å²) in [6, 6.07) is 7.33. The highest BCUT2D eigenvalue weighted by atomic mass is 35.5. The fourth-order valence-electron chi connectivity index (χ4n) is 2.20. The topological polar surface area (TPSA) is 72.2 Å². The van der Waals surface area contributed by atoms with Crippen molar-refractivity contribution in [1.29, 1.82) is 0 Å². The van der Waals surface area contributed by atoms with E-state index < -0.39 is 0 Å². The van der Waals surface area contributed by atoms with Crippen LogP contribution in [-0.2, 0) is 0 Å². The fourth-order valence-corrected chi connectivity index (χ4v) is 2.33. The molecule has 0 aliphatic carbocycles. The third-order valence-electron chi connectivity index (χ3n) is 3.43. The van der Waals surface area contributed by atoms with Gasteiger partial charge in [-0.1, -0.05) is 29.8 Å². The van der Waals surface area contributed by atoms with Crippen LogP contribution < -0.4 is 5.32 Å². The monoisotopic (exact) mass is 315 g/mol. The van der Waals surface area contributed by atoms with Crippen LogP contribution >= 0.6 is 11.6 Å². The molecule has 0 unspecified atom stereocenters. The van der Waals surface area contributed by atoms with E-state index in [2.05, 4.69) is 20.4 Å². The van der Waals surface area contributed by atoms with Crippen LogP contribution in [0.2, 0.25) is 5.02 Å². The molecule has 0 aliphatic rings. The summed E-state index contributed by atoms with van der Waals surface area (Å²) in [5.41, 5.74) is 2.88. The van der Waals surface area contributed by atoms with Crippen molar-refractivity contribution in [2.45, 2.75) is 20.8 Å². The summed E-state index contributed by atoms with van der Waals surface area (Å²) in [5, 5.41) is 7.46. The van der Waals surface area contributed by atoms with E-state index in [-0.39, 0.29) is 11.9 Å². The molecule has 1 aromatic carbocycles. The summed E-state index contributed by atoms with van der Waals surface area (Å²) in [5.74, 6) is 0.347. The van der Waals surface area contributed by atoms with Crippen LogP contribution in [0.5, 0.6) is 0 Å². The Bertz CT molecular complexity index is 887. The molecule has 3 rings (SSSR count). The Kier molecular flexibility index (Phi) is 3.54. The molecule has 0 fully saturated rings. The molecule has 1 N–H and O–H groups in total. The Labute approximate surface area is 132 Å². The van der Waals surface area contributed by atoms with Crippen LogP contribution in [0.3, 0.4) is 0 Å². The van der Waals surface area contributed by atoms with Crippen LogP contribution in [0, 0.1) is 20.8 Å². The molecule has 0 bridgehead atoms. The second kappa shape index (κ2) is 5.38. The van der Waals surface area contributed by atoms with Gasteiger partial charge in [0.25, 0.3) is 17.6 Å². The number of halogens is 1. The standard InChI is InChI=1S/C15H14ClN5O/c1-8-6-4-5-7-11(8)13(22)18-14-19-15-17-9(2)12(16)10(3)21(15)20-14/h4-7H,1-3H3,(H,18,20,22). The Morgan fingerprint density at radius 1 is 1.18 bits per heavy atom. The Morgan fingerprint density at radius 3 is 2.64 bits per heavy atom. The van der Waals surface area contributed by atoms with Gasteiger partial charge >= 0.3 is 0 Å². The lowest BCUT2D eigenvalue weighted by atomic mass is 10.1. The maximum Gasteiger partial charge on any atom is 0.258 e. The highest BCUT2D eigenvalue weighted by molar-refractivity contribution is 6.31. The average Bonchev–Trinajstić information content (AvgIpc) is 2.87. The first-order chi connectivity index (χ1) is 10.5. The lowest BCUT2D eigenvalue weighted by Gasteiger charge is -2.03. The normalized spacial score (nSPS) is 10.9. The molecule has 0 atom stereocenters. The van der Waals surface area contributed by atoms with Gasteiger partial charge in [0.05, 0.1) is 16.4 Å². The molecular formula is C15H14ClN5O. The van der Waals surface area contributed by atoms with E-state index in [1.807, 2.05) is 32.0 Å². The minimum absolute atomic E-state index is 0.200. The number of nitrogens with zero attached hydrogens (tertiary/aromatic N) is 4. The predicted octanol–water partition coefficient (Wildman–Crippen LogP) is 2.96. The maximum atomic E-state index is 12.3. The molecule has 0 spiro atoms. The van der Waals surface area contributed by atoms with Gasteiger partial charge in [-0.15, -0.1) is 5.10 Å². The number of amides is 1. The zero-order valence-electron chi connectivity index (χ0n) is 12.4. The number of carbonyl (C=O) groups excluding carboxylic acids is 1. The van der Waals surface area contributed by atoms with E-state index in [0.717, 1.165) is 11.3 Å². The molecule has 3 aromatic rings. The summed E-state index contributed by atoms with van der Waals surface area (Å²) in [7, 11) is 0. The van der Waals surface area contributed by atoms with Crippen molar-refractivity contribution < 1.29 is 4.79 Å². The van der Waals surface area contributed by atoms with Gasteiger partial charge in [-0.3, -0.25) is 10.1 Å². The zero-order chi connectivity index (χ0) is 15.9. The third-order valence-corrected chi connectivity index (χ3v) is 3.97. The molecule has 6 nitrogen and oxygen atoms in total. The number of hydrogen-bond acceptors (Lipinski definition) is 4. The van der Waals surface area contributed by atoms with Gasteiger partial charge < -0.3 is 0 Å². The van der Waals surface area contributed by atoms with Gasteiger partial charge in [0.2, 0.25) is 0 Å². The van der Waals surface area contributed by atoms with Gasteiger partial charge in [-0.05, 0) is 32.4 Å². The van der Waals surface area contributed by atoms with Crippen LogP contribution in [0.1, 0.15) is 27.3 Å². The number of benzene rings is 1. The molecule has 0 radical (unpaired) electrons. The lowest BCUT2D eigenvalue weighted by Crippen LogP contribution is -2.14. The molecule has 0 saturated carbocycles. The van der Waals surface area contributed by atoms with E-state index >= 15 is 0 Å². The molecule has 0 aliphatic heterocycles. The van der Waals surface area contributed by atoms with Crippen LogP contribution in [0.25, 0.3) is 5.78 Å². The van der Waals surface area contributed by atoms with E-state index in [0.29, 0.717) is 22.1 Å². The van der Waals surface area contributed by atoms with Gasteiger partial charge in [0, 0.05) is 5.56 Å². The van der Waals surface area contributed by atoms with Gasteiger partial charge in [-0.25, -0.2) is 4.98 Å². The number of aromatic nitrogens is 4. The van der Waals surface area contributed by atoms with Gasteiger partial charge in [0.15, 0.2) is 0 Å². The molecule has 112 valence electrons. The summed E-state index contributed by atoms with van der Waals surface area (Å²) in [6.07, 6.45) is 0. The Morgan fingerprint density at radius 2 is 1.91 bits per heavy atom. The highest BCUT2D eigenvalue weighted by Gasteiger charge is 2.15. The molecule has 2 heterocycles. The van der Waals surface area contributed by atoms with Crippen molar-refractivity contribution in [3.63, 3.8) is 0 Å². The van der Waals surface area contributed by atoms with Crippen LogP contribution in [0.4, 0.5) is 5.95 Å². The molecule has 1 amide bonds. The second-order valence-corrected chi connectivity index (χ2v) is 5.39. The maximum absolute atomic E-state index is 12.3. The summed E-state index contributed by atoms with van der Waals surface area (Å²) >= 11 is 6.15. The van der Waals surface area contributed by atoms with Crippen molar-refractivity contribution in [3.05, 3.63) is 51.8 Å². The molecule has 22 heavy (non-hydrogen) atoms. The van der Waals surface area contributed by atoms with Crippen LogP contribution in [0.15, 0.2) is 24.3 Å². The van der Waals surface area contributed by atoms with Gasteiger partial charge in [-0.2, -0.15) is 9.50 Å². The number of aryl methyl sites for hydroxylation is 3. The second-order valence-electron chi connectivity index (χ2n) is 5.01. The number of rotatable bonds is 2. The fraction of sp³-hybridized carbons (Fsp3) is 0.200. The largest absolute Gasteiger partial charge is 0.289 e. The quantitative estimate of drug-likeness (QED) is 0.789. The summed E-state index contributed by atoms with van der Waals surface area (Å²) in [4.78, 5) is 20.8. The van der Waals surface area contributed by atoms with E-state index in [1.54, 1.807) is 13.0 Å². The lowest BCUT2D eigenvalue weighted by molar-refractivity contribution is 0.102. The number of anilines is 1. The van der Waals surface area contributed by atoms with E-state index in [1.165, 1.54) is 4.52 Å². The minimum atomic E-state index is -0.255. The summed E-state index contributed by atoms with van der Waals surface area (Å²) < 4.78 is 1.52. The number of nitrogens with one attached hydrogen (secondary N) is 1. The Hall–Kier alpha value is -2.47. The third kappa shape index (κ3) is 2.42. The number of carbonyl (C=O) groups is 1. The van der Waals surface area contributed by atoms with Crippen molar-refractivity contribution in [2.24, 2.45) is 0 Å². The SMILES string of the molecule is Cc1ccccc1C(=O)Nc1nc2nc(C)c(Cl)c(C)n2n1. The van der Waals surface area contributed by atoms with Crippen molar-refractivity contribution in [1.82, 2.24) is 19.6 Å². The smallest absolute Gasteiger partial charge is 0.258 e. The first-order valence-corrected chi connectivity index (χ1v) is 7.11. The summed E-state index contributed by atoms with van der Waals surface area (Å²) in [6.45, 7) is 5.50. The highest BCUT2D eigenvalue weighted by Crippen LogP contribution is 2.19. The van der Waals surface area contributed by atoms with E-state index in [4.69, 9.17) is 11.6 Å². The van der Waals surface area contributed by atoms with Gasteiger partial charge in [0.1, 0.15) is 0 Å². The number of hydrogen-bond donors (Lipinski definition) is 1. The molecular weight excluding hydrogens is 302 g/mol. The first kappa shape index (κ1) is 14.5. The van der Waals surface area contributed by atoms with Crippen LogP contribution in [-0.4, -0.2) is 25.5 Å². The first-order valence-electron chi connectivity index (χ1n) is 6.74. The average molecular weight is 316 g/mol. The number of fused-ring (bicyclic) bond motifs is 1.